The van der Waals surface area contributed by atoms with Crippen molar-refractivity contribution in [1.29, 1.82) is 0 Å². The van der Waals surface area contributed by atoms with Gasteiger partial charge in [0, 0.05) is 6.42 Å². The van der Waals surface area contributed by atoms with E-state index in [9.17, 15) is 4.79 Å². The molecule has 0 aromatic heterocycles. The van der Waals surface area contributed by atoms with Gasteiger partial charge in [-0.2, -0.15) is 0 Å². The molecule has 140 valence electrons. The molecule has 1 aliphatic heterocycles. The Bertz CT molecular complexity index is 356. The number of ether oxygens (including phenoxy) is 2. The molecule has 1 saturated heterocycles. The topological polar surface area (TPSA) is 68.3 Å². The maximum atomic E-state index is 11.0. The molecule has 1 rings (SSSR count). The van der Waals surface area contributed by atoms with E-state index < -0.39 is 0 Å². The van der Waals surface area contributed by atoms with Gasteiger partial charge in [-0.15, -0.1) is 0 Å². The highest BCUT2D eigenvalue weighted by Gasteiger charge is 2.35. The van der Waals surface area contributed by atoms with Gasteiger partial charge in [-0.1, -0.05) is 64.0 Å². The molecule has 0 saturated carbocycles. The smallest absolute Gasteiger partial charge is 0.305 e. The molecule has 0 bridgehead atoms. The minimum absolute atomic E-state index is 0.135. The van der Waals surface area contributed by atoms with Crippen molar-refractivity contribution in [2.75, 3.05) is 7.11 Å². The van der Waals surface area contributed by atoms with Crippen molar-refractivity contribution in [3.8, 4) is 0 Å². The van der Waals surface area contributed by atoms with Crippen LogP contribution in [-0.2, 0) is 19.2 Å². The largest absolute Gasteiger partial charge is 0.469 e. The normalized spacial score (nSPS) is 21.1. The van der Waals surface area contributed by atoms with Crippen molar-refractivity contribution in [3.63, 3.8) is 0 Å². The Morgan fingerprint density at radius 1 is 1.17 bits per heavy atom. The highest BCUT2D eigenvalue weighted by atomic mass is 17.1. The standard InChI is InChI=1S/C19H34O5/c1-3-4-8-12-17-18(23-17)15-14-16(24-21)11-9-6-5-7-10-13-19(20)22-2/h14-18,21H,3-13H2,1-2H3/b15-14+. The monoisotopic (exact) mass is 342 g/mol. The van der Waals surface area contributed by atoms with Crippen LogP contribution >= 0.6 is 0 Å². The van der Waals surface area contributed by atoms with E-state index in [0.29, 0.717) is 12.5 Å². The van der Waals surface area contributed by atoms with Gasteiger partial charge < -0.3 is 9.47 Å². The van der Waals surface area contributed by atoms with Gasteiger partial charge in [0.2, 0.25) is 0 Å². The van der Waals surface area contributed by atoms with Crippen LogP contribution in [0.25, 0.3) is 0 Å². The third-order valence-corrected chi connectivity index (χ3v) is 4.46. The van der Waals surface area contributed by atoms with E-state index in [1.54, 1.807) is 0 Å². The van der Waals surface area contributed by atoms with Crippen molar-refractivity contribution in [3.05, 3.63) is 12.2 Å². The van der Waals surface area contributed by atoms with Crippen LogP contribution in [0.3, 0.4) is 0 Å². The predicted molar refractivity (Wildman–Crippen MR) is 93.8 cm³/mol. The molecular weight excluding hydrogens is 308 g/mol. The fourth-order valence-electron chi connectivity index (χ4n) is 2.82. The van der Waals surface area contributed by atoms with Crippen LogP contribution in [0.15, 0.2) is 12.2 Å². The molecule has 1 aliphatic rings. The van der Waals surface area contributed by atoms with Gasteiger partial charge in [-0.25, -0.2) is 4.89 Å². The number of methoxy groups -OCH3 is 1. The maximum Gasteiger partial charge on any atom is 0.305 e. The number of carbonyl (C=O) groups excluding carboxylic acids is 1. The molecule has 3 atom stereocenters. The number of unbranched alkanes of at least 4 members (excludes halogenated alkanes) is 6. The lowest BCUT2D eigenvalue weighted by molar-refractivity contribution is -0.267. The summed E-state index contributed by atoms with van der Waals surface area (Å²) in [5, 5.41) is 8.98. The SMILES string of the molecule is CCCCCC1OC1/C=C/C(CCCCCCCC(=O)OC)OO. The third kappa shape index (κ3) is 10.1. The highest BCUT2D eigenvalue weighted by Crippen LogP contribution is 2.28. The van der Waals surface area contributed by atoms with Gasteiger partial charge in [-0.3, -0.25) is 10.1 Å². The zero-order valence-electron chi connectivity index (χ0n) is 15.2. The summed E-state index contributed by atoms with van der Waals surface area (Å²) < 4.78 is 10.2. The van der Waals surface area contributed by atoms with Gasteiger partial charge in [0.15, 0.2) is 0 Å². The number of hydrogen-bond acceptors (Lipinski definition) is 5. The molecule has 5 nitrogen and oxygen atoms in total. The Labute approximate surface area is 146 Å². The number of hydrogen-bond donors (Lipinski definition) is 1. The van der Waals surface area contributed by atoms with Gasteiger partial charge in [0.1, 0.15) is 12.2 Å². The fraction of sp³-hybridized carbons (Fsp3) is 0.842. The van der Waals surface area contributed by atoms with Crippen molar-refractivity contribution in [1.82, 2.24) is 0 Å². The molecule has 5 heteroatoms. The van der Waals surface area contributed by atoms with Gasteiger partial charge in [0.25, 0.3) is 0 Å². The summed E-state index contributed by atoms with van der Waals surface area (Å²) in [7, 11) is 1.42. The minimum atomic E-state index is -0.249. The Morgan fingerprint density at radius 3 is 2.62 bits per heavy atom. The van der Waals surface area contributed by atoms with Crippen LogP contribution in [0, 0.1) is 0 Å². The van der Waals surface area contributed by atoms with E-state index in [-0.39, 0.29) is 18.2 Å². The molecule has 0 spiro atoms. The van der Waals surface area contributed by atoms with Gasteiger partial charge in [-0.05, 0) is 19.3 Å². The second kappa shape index (κ2) is 13.4. The predicted octanol–water partition coefficient (Wildman–Crippen LogP) is 4.65. The van der Waals surface area contributed by atoms with E-state index in [2.05, 4.69) is 16.5 Å². The maximum absolute atomic E-state index is 11.0. The molecule has 24 heavy (non-hydrogen) atoms. The first-order valence-corrected chi connectivity index (χ1v) is 9.42. The van der Waals surface area contributed by atoms with Crippen molar-refractivity contribution in [2.24, 2.45) is 0 Å². The zero-order chi connectivity index (χ0) is 17.6. The van der Waals surface area contributed by atoms with E-state index in [4.69, 9.17) is 9.99 Å². The van der Waals surface area contributed by atoms with Crippen molar-refractivity contribution in [2.45, 2.75) is 95.9 Å². The Hall–Kier alpha value is -0.910. The second-order valence-corrected chi connectivity index (χ2v) is 6.55. The minimum Gasteiger partial charge on any atom is -0.469 e. The van der Waals surface area contributed by atoms with Gasteiger partial charge >= 0.3 is 5.97 Å². The van der Waals surface area contributed by atoms with Crippen LogP contribution in [0.2, 0.25) is 0 Å². The Balaban J connectivity index is 2.01. The average molecular weight is 342 g/mol. The third-order valence-electron chi connectivity index (χ3n) is 4.46. The lowest BCUT2D eigenvalue weighted by Crippen LogP contribution is -2.07. The van der Waals surface area contributed by atoms with E-state index in [0.717, 1.165) is 44.9 Å². The van der Waals surface area contributed by atoms with Gasteiger partial charge in [0.05, 0.1) is 13.2 Å². The number of carbonyl (C=O) groups is 1. The second-order valence-electron chi connectivity index (χ2n) is 6.55. The van der Waals surface area contributed by atoms with Crippen LogP contribution in [0.4, 0.5) is 0 Å². The van der Waals surface area contributed by atoms with Crippen molar-refractivity contribution < 1.29 is 24.4 Å². The highest BCUT2D eigenvalue weighted by molar-refractivity contribution is 5.68. The first-order valence-electron chi connectivity index (χ1n) is 9.42. The molecule has 1 N–H and O–H groups in total. The Kier molecular flexibility index (Phi) is 11.8. The van der Waals surface area contributed by atoms with Crippen LogP contribution in [0.1, 0.15) is 77.6 Å². The van der Waals surface area contributed by atoms with Crippen LogP contribution in [-0.4, -0.2) is 36.6 Å². The first kappa shape index (κ1) is 21.1. The molecule has 0 aromatic carbocycles. The Morgan fingerprint density at radius 2 is 1.92 bits per heavy atom. The summed E-state index contributed by atoms with van der Waals surface area (Å²) in [6.45, 7) is 2.20. The summed E-state index contributed by atoms with van der Waals surface area (Å²) in [6.07, 6.45) is 15.5. The van der Waals surface area contributed by atoms with E-state index in [1.807, 2.05) is 12.2 Å². The van der Waals surface area contributed by atoms with Crippen molar-refractivity contribution >= 4 is 5.97 Å². The number of esters is 1. The zero-order valence-corrected chi connectivity index (χ0v) is 15.2. The quantitative estimate of drug-likeness (QED) is 0.117. The summed E-state index contributed by atoms with van der Waals surface area (Å²) >= 11 is 0. The number of rotatable bonds is 15. The molecule has 3 unspecified atom stereocenters. The molecule has 0 amide bonds. The molecule has 1 fully saturated rings. The molecule has 0 aliphatic carbocycles. The lowest BCUT2D eigenvalue weighted by atomic mass is 10.1. The van der Waals surface area contributed by atoms with Crippen LogP contribution in [0.5, 0.6) is 0 Å². The average Bonchev–Trinajstić information content (AvgIpc) is 3.35. The van der Waals surface area contributed by atoms with E-state index >= 15 is 0 Å². The fourth-order valence-corrected chi connectivity index (χ4v) is 2.82. The molecule has 0 aromatic rings. The molecular formula is C19H34O5. The molecule has 0 radical (unpaired) electrons. The van der Waals surface area contributed by atoms with E-state index in [1.165, 1.54) is 26.4 Å². The summed E-state index contributed by atoms with van der Waals surface area (Å²) in [5.41, 5.74) is 0. The summed E-state index contributed by atoms with van der Waals surface area (Å²) in [5.74, 6) is -0.135. The first-order chi connectivity index (χ1) is 11.7. The number of epoxide rings is 1. The lowest BCUT2D eigenvalue weighted by Gasteiger charge is -2.08. The summed E-state index contributed by atoms with van der Waals surface area (Å²) in [4.78, 5) is 15.5. The summed E-state index contributed by atoms with van der Waals surface area (Å²) in [6, 6.07) is 0. The van der Waals surface area contributed by atoms with Crippen LogP contribution < -0.4 is 0 Å². The molecule has 1 heterocycles.